The van der Waals surface area contributed by atoms with E-state index in [1.807, 2.05) is 13.0 Å². The fourth-order valence-electron chi connectivity index (χ4n) is 2.64. The second-order valence-electron chi connectivity index (χ2n) is 6.81. The number of carbonyl (C=O) groups excluding carboxylic acids is 1. The van der Waals surface area contributed by atoms with E-state index < -0.39 is 0 Å². The first-order valence-electron chi connectivity index (χ1n) is 10.2. The van der Waals surface area contributed by atoms with E-state index in [9.17, 15) is 4.79 Å². The van der Waals surface area contributed by atoms with Gasteiger partial charge in [0, 0.05) is 38.7 Å². The van der Waals surface area contributed by atoms with E-state index in [2.05, 4.69) is 45.2 Å². The third-order valence-corrected chi connectivity index (χ3v) is 4.35. The molecule has 0 bridgehead atoms. The summed E-state index contributed by atoms with van der Waals surface area (Å²) in [6, 6.07) is 10.4. The highest BCUT2D eigenvalue weighted by Crippen LogP contribution is 2.28. The van der Waals surface area contributed by atoms with E-state index >= 15 is 0 Å². The molecule has 0 atom stereocenters. The molecule has 1 aliphatic carbocycles. The minimum Gasteiger partial charge on any atom is -0.381 e. The number of hydrogen-bond acceptors (Lipinski definition) is 3. The number of nitrogens with zero attached hydrogens (tertiary/aromatic N) is 1. The van der Waals surface area contributed by atoms with Crippen LogP contribution in [0.5, 0.6) is 0 Å². The molecule has 1 aromatic rings. The average Bonchev–Trinajstić information content (AvgIpc) is 3.53. The summed E-state index contributed by atoms with van der Waals surface area (Å²) in [5.41, 5.74) is 1.32. The molecule has 1 saturated carbocycles. The van der Waals surface area contributed by atoms with Gasteiger partial charge in [-0.25, -0.2) is 0 Å². The zero-order chi connectivity index (χ0) is 19.2. The molecule has 0 saturated heterocycles. The molecule has 0 unspecified atom stereocenters. The molecule has 3 N–H and O–H groups in total. The van der Waals surface area contributed by atoms with Gasteiger partial charge in [-0.05, 0) is 44.6 Å². The molecule has 2 rings (SSSR count). The first-order valence-corrected chi connectivity index (χ1v) is 10.2. The molecule has 6 heteroatoms. The van der Waals surface area contributed by atoms with Crippen molar-refractivity contribution in [2.24, 2.45) is 10.9 Å². The van der Waals surface area contributed by atoms with Gasteiger partial charge in [-0.15, -0.1) is 0 Å². The zero-order valence-corrected chi connectivity index (χ0v) is 16.5. The van der Waals surface area contributed by atoms with Crippen LogP contribution in [0, 0.1) is 5.92 Å². The maximum Gasteiger partial charge on any atom is 0.223 e. The van der Waals surface area contributed by atoms with E-state index in [4.69, 9.17) is 4.74 Å². The fraction of sp³-hybridized carbons (Fsp3) is 0.619. The number of nitrogens with one attached hydrogen (secondary N) is 3. The van der Waals surface area contributed by atoms with Crippen molar-refractivity contribution >= 4 is 11.9 Å². The summed E-state index contributed by atoms with van der Waals surface area (Å²) < 4.78 is 5.70. The lowest BCUT2D eigenvalue weighted by atomic mass is 10.2. The summed E-state index contributed by atoms with van der Waals surface area (Å²) in [5.74, 6) is 1.26. The van der Waals surface area contributed by atoms with Gasteiger partial charge < -0.3 is 20.7 Å². The zero-order valence-electron chi connectivity index (χ0n) is 16.5. The molecule has 1 amide bonds. The van der Waals surface area contributed by atoms with Gasteiger partial charge in [-0.3, -0.25) is 9.79 Å². The van der Waals surface area contributed by atoms with Gasteiger partial charge in [0.2, 0.25) is 5.91 Å². The van der Waals surface area contributed by atoms with Crippen LogP contribution in [0.2, 0.25) is 0 Å². The largest absolute Gasteiger partial charge is 0.381 e. The quantitative estimate of drug-likeness (QED) is 0.281. The minimum absolute atomic E-state index is 0.186. The molecule has 27 heavy (non-hydrogen) atoms. The Bertz CT molecular complexity index is 559. The Morgan fingerprint density at radius 3 is 2.59 bits per heavy atom. The van der Waals surface area contributed by atoms with Crippen molar-refractivity contribution < 1.29 is 9.53 Å². The normalized spacial score (nSPS) is 14.0. The molecule has 0 spiro atoms. The lowest BCUT2D eigenvalue weighted by Crippen LogP contribution is -2.41. The van der Waals surface area contributed by atoms with Gasteiger partial charge >= 0.3 is 0 Å². The number of unbranched alkanes of at least 4 members (excludes halogenated alkanes) is 1. The number of aliphatic imine (C=N–C) groups is 1. The molecule has 0 aromatic heterocycles. The Morgan fingerprint density at radius 2 is 1.85 bits per heavy atom. The smallest absolute Gasteiger partial charge is 0.223 e. The Balaban J connectivity index is 1.47. The van der Waals surface area contributed by atoms with E-state index in [-0.39, 0.29) is 11.8 Å². The molecule has 6 nitrogen and oxygen atoms in total. The summed E-state index contributed by atoms with van der Waals surface area (Å²) in [6.07, 6.45) is 5.05. The van der Waals surface area contributed by atoms with Crippen molar-refractivity contribution in [3.05, 3.63) is 35.9 Å². The predicted octanol–water partition coefficient (Wildman–Crippen LogP) is 2.11. The van der Waals surface area contributed by atoms with Crippen LogP contribution in [-0.2, 0) is 16.0 Å². The van der Waals surface area contributed by atoms with Crippen molar-refractivity contribution in [2.45, 2.75) is 39.0 Å². The highest BCUT2D eigenvalue weighted by atomic mass is 16.5. The second kappa shape index (κ2) is 13.1. The van der Waals surface area contributed by atoms with E-state index in [1.54, 1.807) is 0 Å². The Kier molecular flexibility index (Phi) is 10.3. The van der Waals surface area contributed by atoms with Crippen molar-refractivity contribution in [1.29, 1.82) is 0 Å². The summed E-state index contributed by atoms with van der Waals surface area (Å²) in [6.45, 7) is 6.51. The number of ether oxygens (including phenoxy) is 1. The van der Waals surface area contributed by atoms with Gasteiger partial charge in [0.25, 0.3) is 0 Å². The van der Waals surface area contributed by atoms with Crippen LogP contribution in [-0.4, -0.2) is 51.3 Å². The summed E-state index contributed by atoms with van der Waals surface area (Å²) >= 11 is 0. The molecule has 0 aliphatic heterocycles. The SMILES string of the molecule is CCNC(=NCCCCOCCc1ccccc1)NCCNC(=O)C1CC1. The number of hydrogen-bond donors (Lipinski definition) is 3. The third kappa shape index (κ3) is 9.99. The standard InChI is InChI=1S/C21H34N4O2/c1-2-22-21(25-15-14-23-20(26)19-10-11-19)24-13-6-7-16-27-17-12-18-8-4-3-5-9-18/h3-5,8-9,19H,2,6-7,10-17H2,1H3,(H,23,26)(H2,22,24,25). The number of rotatable bonds is 13. The fourth-order valence-corrected chi connectivity index (χ4v) is 2.64. The topological polar surface area (TPSA) is 74.8 Å². The van der Waals surface area contributed by atoms with Crippen molar-refractivity contribution in [3.63, 3.8) is 0 Å². The van der Waals surface area contributed by atoms with Gasteiger partial charge in [0.15, 0.2) is 5.96 Å². The van der Waals surface area contributed by atoms with Crippen LogP contribution < -0.4 is 16.0 Å². The van der Waals surface area contributed by atoms with Gasteiger partial charge in [-0.2, -0.15) is 0 Å². The van der Waals surface area contributed by atoms with Crippen LogP contribution in [0.3, 0.4) is 0 Å². The molecule has 0 radical (unpaired) electrons. The predicted molar refractivity (Wildman–Crippen MR) is 110 cm³/mol. The number of guanidine groups is 1. The summed E-state index contributed by atoms with van der Waals surface area (Å²) in [7, 11) is 0. The maximum absolute atomic E-state index is 11.6. The van der Waals surface area contributed by atoms with E-state index in [0.717, 1.165) is 64.4 Å². The van der Waals surface area contributed by atoms with Crippen LogP contribution in [0.25, 0.3) is 0 Å². The molecule has 1 aromatic carbocycles. The first kappa shape index (κ1) is 21.2. The van der Waals surface area contributed by atoms with Crippen LogP contribution in [0.1, 0.15) is 38.2 Å². The Labute approximate surface area is 163 Å². The van der Waals surface area contributed by atoms with Crippen LogP contribution in [0.15, 0.2) is 35.3 Å². The van der Waals surface area contributed by atoms with Gasteiger partial charge in [0.1, 0.15) is 0 Å². The van der Waals surface area contributed by atoms with Gasteiger partial charge in [-0.1, -0.05) is 30.3 Å². The highest BCUT2D eigenvalue weighted by molar-refractivity contribution is 5.81. The van der Waals surface area contributed by atoms with Gasteiger partial charge in [0.05, 0.1) is 6.61 Å². The molecular weight excluding hydrogens is 340 g/mol. The molecule has 0 heterocycles. The van der Waals surface area contributed by atoms with E-state index in [0.29, 0.717) is 13.1 Å². The van der Waals surface area contributed by atoms with Crippen molar-refractivity contribution in [2.75, 3.05) is 39.4 Å². The Hall–Kier alpha value is -2.08. The number of benzene rings is 1. The summed E-state index contributed by atoms with van der Waals surface area (Å²) in [5, 5.41) is 9.44. The van der Waals surface area contributed by atoms with Crippen molar-refractivity contribution in [1.82, 2.24) is 16.0 Å². The first-order chi connectivity index (χ1) is 13.3. The van der Waals surface area contributed by atoms with E-state index in [1.165, 1.54) is 5.56 Å². The third-order valence-electron chi connectivity index (χ3n) is 4.35. The summed E-state index contributed by atoms with van der Waals surface area (Å²) in [4.78, 5) is 16.1. The van der Waals surface area contributed by atoms with Crippen LogP contribution in [0.4, 0.5) is 0 Å². The molecule has 150 valence electrons. The highest BCUT2D eigenvalue weighted by Gasteiger charge is 2.28. The lowest BCUT2D eigenvalue weighted by molar-refractivity contribution is -0.122. The minimum atomic E-state index is 0.186. The average molecular weight is 375 g/mol. The van der Waals surface area contributed by atoms with Crippen molar-refractivity contribution in [3.8, 4) is 0 Å². The monoisotopic (exact) mass is 374 g/mol. The second-order valence-corrected chi connectivity index (χ2v) is 6.81. The van der Waals surface area contributed by atoms with Crippen LogP contribution >= 0.6 is 0 Å². The number of carbonyl (C=O) groups is 1. The lowest BCUT2D eigenvalue weighted by Gasteiger charge is -2.11. The molecular formula is C21H34N4O2. The maximum atomic E-state index is 11.6. The molecule has 1 aliphatic rings. The molecule has 1 fully saturated rings. The number of amides is 1. The Morgan fingerprint density at radius 1 is 1.07 bits per heavy atom.